The topological polar surface area (TPSA) is 0 Å². The second kappa shape index (κ2) is 12.4. The van der Waals surface area contributed by atoms with Crippen molar-refractivity contribution in [2.75, 3.05) is 0 Å². The minimum atomic E-state index is 0. The zero-order valence-corrected chi connectivity index (χ0v) is 19.7. The standard InChI is InChI=1S/C11H11.C9H7.C3H6.2ClH.Zr/c1-8-6-10-5-3-4-9(2)11(10)7-8;1-2-5-9-7-3-6-8(9)4-1;1-3-2;;;/h3-7H,1-2H3;1-7H;1-2H3;2*1H;/q2*-1;;;;+2/p-2. The van der Waals surface area contributed by atoms with Crippen molar-refractivity contribution in [3.63, 3.8) is 0 Å². The molecule has 0 atom stereocenters. The number of benzene rings is 2. The number of fused-ring (bicyclic) bond motifs is 2. The number of hydrogen-bond donors (Lipinski definition) is 0. The molecule has 0 nitrogen and oxygen atoms in total. The first-order chi connectivity index (χ1) is 11.5. The van der Waals surface area contributed by atoms with Crippen molar-refractivity contribution in [2.45, 2.75) is 27.7 Å². The van der Waals surface area contributed by atoms with Gasteiger partial charge in [0.2, 0.25) is 0 Å². The first-order valence-corrected chi connectivity index (χ1v) is 9.45. The van der Waals surface area contributed by atoms with E-state index in [1.54, 1.807) is 24.2 Å². The summed E-state index contributed by atoms with van der Waals surface area (Å²) in [6, 6.07) is 25.6. The van der Waals surface area contributed by atoms with Crippen molar-refractivity contribution in [2.24, 2.45) is 0 Å². The maximum Gasteiger partial charge on any atom is -0.0488 e. The van der Waals surface area contributed by atoms with Crippen molar-refractivity contribution in [1.29, 1.82) is 0 Å². The van der Waals surface area contributed by atoms with E-state index in [-0.39, 0.29) is 24.8 Å². The van der Waals surface area contributed by atoms with Gasteiger partial charge in [0.25, 0.3) is 0 Å². The fourth-order valence-corrected chi connectivity index (χ4v) is 2.61. The van der Waals surface area contributed by atoms with Crippen molar-refractivity contribution in [1.82, 2.24) is 0 Å². The van der Waals surface area contributed by atoms with Gasteiger partial charge < -0.3 is 24.8 Å². The average Bonchev–Trinajstić information content (AvgIpc) is 3.13. The monoisotopic (exact) mass is 460 g/mol. The van der Waals surface area contributed by atoms with Gasteiger partial charge in [0.1, 0.15) is 0 Å². The van der Waals surface area contributed by atoms with E-state index >= 15 is 0 Å². The van der Waals surface area contributed by atoms with Gasteiger partial charge in [-0.15, -0.1) is 64.2 Å². The van der Waals surface area contributed by atoms with Crippen LogP contribution in [0.15, 0.2) is 72.8 Å². The second-order valence-electron chi connectivity index (χ2n) is 6.27. The van der Waals surface area contributed by atoms with Gasteiger partial charge in [0.05, 0.1) is 0 Å². The summed E-state index contributed by atoms with van der Waals surface area (Å²) in [4.78, 5) is 0. The smallest absolute Gasteiger partial charge is 0.0488 e. The Hall–Kier alpha value is -1.01. The van der Waals surface area contributed by atoms with Crippen LogP contribution in [0, 0.1) is 13.8 Å². The summed E-state index contributed by atoms with van der Waals surface area (Å²) in [6.45, 7) is 8.54. The number of rotatable bonds is 0. The van der Waals surface area contributed by atoms with Gasteiger partial charge in [-0.2, -0.15) is 23.6 Å². The van der Waals surface area contributed by atoms with E-state index in [1.807, 2.05) is 0 Å². The quantitative estimate of drug-likeness (QED) is 0.334. The summed E-state index contributed by atoms with van der Waals surface area (Å²) in [5.74, 6) is 0. The second-order valence-corrected chi connectivity index (χ2v) is 8.72. The molecule has 136 valence electrons. The summed E-state index contributed by atoms with van der Waals surface area (Å²) < 4.78 is 1.51. The predicted octanol–water partition coefficient (Wildman–Crippen LogP) is 0.488. The molecule has 4 aromatic carbocycles. The molecule has 0 unspecified atom stereocenters. The molecule has 0 aliphatic heterocycles. The molecule has 0 saturated heterocycles. The molecule has 0 N–H and O–H groups in total. The van der Waals surface area contributed by atoms with E-state index in [0.717, 1.165) is 0 Å². The fourth-order valence-electron chi connectivity index (χ4n) is 2.61. The minimum Gasteiger partial charge on any atom is -1.00 e. The first-order valence-electron chi connectivity index (χ1n) is 8.22. The normalized spacial score (nSPS) is 9.15. The van der Waals surface area contributed by atoms with E-state index in [9.17, 15) is 0 Å². The van der Waals surface area contributed by atoms with Gasteiger partial charge in [0.15, 0.2) is 0 Å². The molecule has 0 radical (unpaired) electrons. The third kappa shape index (κ3) is 7.70. The summed E-state index contributed by atoms with van der Waals surface area (Å²) in [5, 5.41) is 5.42. The number of aryl methyl sites for hydroxylation is 2. The Labute approximate surface area is 184 Å². The predicted molar refractivity (Wildman–Crippen MR) is 105 cm³/mol. The van der Waals surface area contributed by atoms with Crippen LogP contribution in [0.4, 0.5) is 0 Å². The molecule has 0 amide bonds. The molecule has 0 spiro atoms. The number of hydrogen-bond acceptors (Lipinski definition) is 0. The number of halogens is 2. The molecule has 0 aliphatic carbocycles. The van der Waals surface area contributed by atoms with Crippen LogP contribution in [0.25, 0.3) is 21.5 Å². The van der Waals surface area contributed by atoms with E-state index in [0.29, 0.717) is 0 Å². The summed E-state index contributed by atoms with van der Waals surface area (Å²) in [6.07, 6.45) is 0. The minimum absolute atomic E-state index is 0. The Kier molecular flexibility index (Phi) is 11.9. The van der Waals surface area contributed by atoms with Gasteiger partial charge >= 0.3 is 41.3 Å². The summed E-state index contributed by atoms with van der Waals surface area (Å²) in [7, 11) is 0. The van der Waals surface area contributed by atoms with Crippen molar-refractivity contribution >= 4 is 24.8 Å². The third-order valence-electron chi connectivity index (χ3n) is 3.66. The first kappa shape index (κ1) is 25.0. The summed E-state index contributed by atoms with van der Waals surface area (Å²) >= 11 is 1.55. The van der Waals surface area contributed by atoms with E-state index in [2.05, 4.69) is 100 Å². The van der Waals surface area contributed by atoms with E-state index in [1.165, 1.54) is 35.9 Å². The molecule has 0 aromatic heterocycles. The third-order valence-corrected chi connectivity index (χ3v) is 3.66. The molecule has 0 aliphatic rings. The Morgan fingerprint density at radius 3 is 2.08 bits per heavy atom. The van der Waals surface area contributed by atoms with Crippen LogP contribution >= 0.6 is 0 Å². The molecule has 0 bridgehead atoms. The molecule has 0 heterocycles. The van der Waals surface area contributed by atoms with Gasteiger partial charge in [-0.1, -0.05) is 24.6 Å². The van der Waals surface area contributed by atoms with Gasteiger partial charge in [-0.3, -0.25) is 0 Å². The summed E-state index contributed by atoms with van der Waals surface area (Å²) in [5.41, 5.74) is 2.73. The van der Waals surface area contributed by atoms with Crippen LogP contribution in [-0.4, -0.2) is 3.21 Å². The van der Waals surface area contributed by atoms with Crippen molar-refractivity contribution in [3.05, 3.63) is 83.9 Å². The Morgan fingerprint density at radius 2 is 1.46 bits per heavy atom. The average molecular weight is 463 g/mol. The van der Waals surface area contributed by atoms with E-state index in [4.69, 9.17) is 0 Å². The van der Waals surface area contributed by atoms with Crippen molar-refractivity contribution in [3.8, 4) is 0 Å². The van der Waals surface area contributed by atoms with Crippen molar-refractivity contribution < 1.29 is 49.0 Å². The SMILES string of the molecule is C[C](C)=[Zr+2].Cc1cc2c(C)cccc2[cH-]1.[Cl-].[Cl-].c1ccc2[cH-]ccc2c1. The van der Waals surface area contributed by atoms with E-state index < -0.39 is 0 Å². The Balaban J connectivity index is 0.000000381. The van der Waals surface area contributed by atoms with Crippen LogP contribution in [0.1, 0.15) is 25.0 Å². The maximum absolute atomic E-state index is 2.24. The zero-order chi connectivity index (χ0) is 17.5. The molecule has 26 heavy (non-hydrogen) atoms. The van der Waals surface area contributed by atoms with Crippen LogP contribution in [0.3, 0.4) is 0 Å². The maximum atomic E-state index is 2.24. The molecule has 0 fully saturated rings. The molecule has 4 rings (SSSR count). The van der Waals surface area contributed by atoms with Crippen LogP contribution < -0.4 is 24.8 Å². The Morgan fingerprint density at radius 1 is 0.846 bits per heavy atom. The fraction of sp³-hybridized carbons (Fsp3) is 0.174. The zero-order valence-electron chi connectivity index (χ0n) is 15.7. The van der Waals surface area contributed by atoms with Gasteiger partial charge in [-0.05, 0) is 6.92 Å². The largest absolute Gasteiger partial charge is 1.00 e. The van der Waals surface area contributed by atoms with Gasteiger partial charge in [0, 0.05) is 0 Å². The van der Waals surface area contributed by atoms with Gasteiger partial charge in [-0.25, -0.2) is 0 Å². The Bertz CT molecular complexity index is 897. The molecular formula is C23H24Cl2Zr-2. The molecule has 4 aromatic rings. The van der Waals surface area contributed by atoms with Crippen LogP contribution in [-0.2, 0) is 24.2 Å². The van der Waals surface area contributed by atoms with Crippen LogP contribution in [0.5, 0.6) is 0 Å². The molecule has 3 heteroatoms. The molecule has 0 saturated carbocycles. The molecular weight excluding hydrogens is 438 g/mol. The van der Waals surface area contributed by atoms with Crippen LogP contribution in [0.2, 0.25) is 0 Å².